The fraction of sp³-hybridized carbons (Fsp3) is 0.222. The number of pyridine rings is 1. The third-order valence-corrected chi connectivity index (χ3v) is 3.89. The Morgan fingerprint density at radius 3 is 2.95 bits per heavy atom. The molecule has 0 unspecified atom stereocenters. The second kappa shape index (κ2) is 6.43. The fourth-order valence-corrected chi connectivity index (χ4v) is 2.71. The molecule has 1 aliphatic rings. The number of fused-ring (bicyclic) bond motifs is 1. The van der Waals surface area contributed by atoms with Gasteiger partial charge < -0.3 is 10.2 Å². The molecule has 0 saturated carbocycles. The summed E-state index contributed by atoms with van der Waals surface area (Å²) in [7, 11) is 0. The highest BCUT2D eigenvalue weighted by Crippen LogP contribution is 2.24. The van der Waals surface area contributed by atoms with E-state index in [0.29, 0.717) is 12.1 Å². The van der Waals surface area contributed by atoms with Crippen molar-refractivity contribution in [2.75, 3.05) is 18.0 Å². The lowest BCUT2D eigenvalue weighted by Gasteiger charge is -2.30. The van der Waals surface area contributed by atoms with E-state index in [9.17, 15) is 4.79 Å². The Hall–Kier alpha value is -2.62. The number of nitrogens with one attached hydrogen (secondary N) is 1. The van der Waals surface area contributed by atoms with Gasteiger partial charge in [0.15, 0.2) is 0 Å². The molecule has 4 heteroatoms. The molecule has 2 heterocycles. The molecule has 4 nitrogen and oxygen atoms in total. The van der Waals surface area contributed by atoms with Gasteiger partial charge in [0, 0.05) is 25.8 Å². The van der Waals surface area contributed by atoms with Gasteiger partial charge in [-0.3, -0.25) is 9.78 Å². The minimum absolute atomic E-state index is 0.119. The summed E-state index contributed by atoms with van der Waals surface area (Å²) < 4.78 is 0. The van der Waals surface area contributed by atoms with Crippen LogP contribution in [0.5, 0.6) is 0 Å². The number of carbonyl (C=O) groups is 1. The highest BCUT2D eigenvalue weighted by atomic mass is 16.1. The summed E-state index contributed by atoms with van der Waals surface area (Å²) >= 11 is 0. The summed E-state index contributed by atoms with van der Waals surface area (Å²) in [6, 6.07) is 10.4. The largest absolute Gasteiger partial charge is 0.366 e. The van der Waals surface area contributed by atoms with Gasteiger partial charge in [-0.15, -0.1) is 6.58 Å². The summed E-state index contributed by atoms with van der Waals surface area (Å²) in [5.74, 6) is -0.119. The lowest BCUT2D eigenvalue weighted by Crippen LogP contribution is -2.31. The van der Waals surface area contributed by atoms with Gasteiger partial charge in [-0.2, -0.15) is 0 Å². The first-order valence-electron chi connectivity index (χ1n) is 7.44. The van der Waals surface area contributed by atoms with Gasteiger partial charge in [0.25, 0.3) is 5.91 Å². The Kier molecular flexibility index (Phi) is 4.19. The van der Waals surface area contributed by atoms with Crippen molar-refractivity contribution in [3.63, 3.8) is 0 Å². The monoisotopic (exact) mass is 293 g/mol. The molecule has 112 valence electrons. The first-order valence-corrected chi connectivity index (χ1v) is 7.44. The predicted octanol–water partition coefficient (Wildman–Crippen LogP) is 2.56. The van der Waals surface area contributed by atoms with Crippen LogP contribution in [0.1, 0.15) is 21.5 Å². The van der Waals surface area contributed by atoms with Crippen LogP contribution < -0.4 is 10.2 Å². The van der Waals surface area contributed by atoms with Gasteiger partial charge in [0.05, 0.1) is 17.4 Å². The highest BCUT2D eigenvalue weighted by Gasteiger charge is 2.17. The van der Waals surface area contributed by atoms with Gasteiger partial charge in [-0.1, -0.05) is 30.3 Å². The maximum Gasteiger partial charge on any atom is 0.253 e. The zero-order chi connectivity index (χ0) is 15.4. The van der Waals surface area contributed by atoms with E-state index in [-0.39, 0.29) is 5.91 Å². The lowest BCUT2D eigenvalue weighted by atomic mass is 9.99. The van der Waals surface area contributed by atoms with Crippen molar-refractivity contribution in [2.45, 2.75) is 13.0 Å². The lowest BCUT2D eigenvalue weighted by molar-refractivity contribution is 0.0957. The van der Waals surface area contributed by atoms with E-state index < -0.39 is 0 Å². The topological polar surface area (TPSA) is 45.2 Å². The molecule has 0 atom stereocenters. The summed E-state index contributed by atoms with van der Waals surface area (Å²) in [6.45, 7) is 5.86. The summed E-state index contributed by atoms with van der Waals surface area (Å²) in [4.78, 5) is 18.5. The average Bonchev–Trinajstić information content (AvgIpc) is 2.59. The van der Waals surface area contributed by atoms with Crippen LogP contribution in [0.15, 0.2) is 55.4 Å². The van der Waals surface area contributed by atoms with Crippen molar-refractivity contribution >= 4 is 11.6 Å². The zero-order valence-electron chi connectivity index (χ0n) is 12.5. The zero-order valence-corrected chi connectivity index (χ0v) is 12.5. The van der Waals surface area contributed by atoms with Crippen molar-refractivity contribution in [2.24, 2.45) is 0 Å². The summed E-state index contributed by atoms with van der Waals surface area (Å²) in [5, 5.41) is 2.78. The quantitative estimate of drug-likeness (QED) is 0.881. The molecule has 2 aromatic rings. The van der Waals surface area contributed by atoms with Crippen LogP contribution in [0.25, 0.3) is 0 Å². The van der Waals surface area contributed by atoms with Gasteiger partial charge in [-0.05, 0) is 23.6 Å². The number of aromatic nitrogens is 1. The number of hydrogen-bond donors (Lipinski definition) is 1. The third-order valence-electron chi connectivity index (χ3n) is 3.89. The van der Waals surface area contributed by atoms with E-state index in [1.165, 1.54) is 11.1 Å². The molecule has 0 saturated heterocycles. The molecule has 0 bridgehead atoms. The van der Waals surface area contributed by atoms with E-state index in [0.717, 1.165) is 25.2 Å². The first-order chi connectivity index (χ1) is 10.8. The van der Waals surface area contributed by atoms with Crippen molar-refractivity contribution in [1.29, 1.82) is 0 Å². The number of rotatable bonds is 4. The molecule has 0 radical (unpaired) electrons. The van der Waals surface area contributed by atoms with E-state index in [4.69, 9.17) is 0 Å². The maximum atomic E-state index is 12.0. The van der Waals surface area contributed by atoms with Crippen LogP contribution in [0, 0.1) is 0 Å². The molecule has 3 rings (SSSR count). The van der Waals surface area contributed by atoms with Crippen LogP contribution in [0.4, 0.5) is 5.69 Å². The molecule has 1 aliphatic heterocycles. The van der Waals surface area contributed by atoms with Crippen LogP contribution in [0.2, 0.25) is 0 Å². The first kappa shape index (κ1) is 14.3. The molecular formula is C18H19N3O. The van der Waals surface area contributed by atoms with Crippen molar-refractivity contribution in [3.8, 4) is 0 Å². The van der Waals surface area contributed by atoms with Gasteiger partial charge in [-0.25, -0.2) is 0 Å². The molecule has 1 aromatic heterocycles. The minimum Gasteiger partial charge on any atom is -0.366 e. The van der Waals surface area contributed by atoms with E-state index in [1.54, 1.807) is 12.3 Å². The highest BCUT2D eigenvalue weighted by molar-refractivity contribution is 5.94. The van der Waals surface area contributed by atoms with E-state index >= 15 is 0 Å². The fourth-order valence-electron chi connectivity index (χ4n) is 2.71. The van der Waals surface area contributed by atoms with Crippen molar-refractivity contribution in [3.05, 3.63) is 72.1 Å². The Labute approximate surface area is 130 Å². The second-order valence-corrected chi connectivity index (χ2v) is 5.37. The van der Waals surface area contributed by atoms with E-state index in [1.807, 2.05) is 12.3 Å². The minimum atomic E-state index is -0.119. The number of amides is 1. The predicted molar refractivity (Wildman–Crippen MR) is 88.0 cm³/mol. The second-order valence-electron chi connectivity index (χ2n) is 5.37. The number of carbonyl (C=O) groups excluding carboxylic acids is 1. The SMILES string of the molecule is C=CCNC(=O)c1cncc(N2CCc3ccccc3C2)c1. The van der Waals surface area contributed by atoms with Crippen LogP contribution in [-0.2, 0) is 13.0 Å². The molecular weight excluding hydrogens is 274 g/mol. The molecule has 1 aromatic carbocycles. The standard InChI is InChI=1S/C18H19N3O/c1-2-8-20-18(22)16-10-17(12-19-11-16)21-9-7-14-5-3-4-6-15(14)13-21/h2-6,10-12H,1,7-9,13H2,(H,20,22). The summed E-state index contributed by atoms with van der Waals surface area (Å²) in [5.41, 5.74) is 4.32. The third kappa shape index (κ3) is 3.01. The number of hydrogen-bond acceptors (Lipinski definition) is 3. The number of nitrogens with zero attached hydrogens (tertiary/aromatic N) is 2. The Bertz CT molecular complexity index is 696. The Balaban J connectivity index is 1.78. The number of benzene rings is 1. The molecule has 0 fully saturated rings. The Morgan fingerprint density at radius 1 is 1.32 bits per heavy atom. The Morgan fingerprint density at radius 2 is 2.14 bits per heavy atom. The van der Waals surface area contributed by atoms with Crippen LogP contribution >= 0.6 is 0 Å². The van der Waals surface area contributed by atoms with Gasteiger partial charge in [0.1, 0.15) is 0 Å². The molecule has 22 heavy (non-hydrogen) atoms. The average molecular weight is 293 g/mol. The smallest absolute Gasteiger partial charge is 0.253 e. The van der Waals surface area contributed by atoms with Gasteiger partial charge >= 0.3 is 0 Å². The van der Waals surface area contributed by atoms with Crippen LogP contribution in [0.3, 0.4) is 0 Å². The molecule has 0 aliphatic carbocycles. The number of anilines is 1. The van der Waals surface area contributed by atoms with E-state index in [2.05, 4.69) is 46.0 Å². The van der Waals surface area contributed by atoms with Crippen molar-refractivity contribution in [1.82, 2.24) is 10.3 Å². The molecule has 1 amide bonds. The van der Waals surface area contributed by atoms with Gasteiger partial charge in [0.2, 0.25) is 0 Å². The maximum absolute atomic E-state index is 12.0. The van der Waals surface area contributed by atoms with Crippen LogP contribution in [-0.4, -0.2) is 24.0 Å². The van der Waals surface area contributed by atoms with Crippen molar-refractivity contribution < 1.29 is 4.79 Å². The molecule has 0 spiro atoms. The normalized spacial score (nSPS) is 13.4. The summed E-state index contributed by atoms with van der Waals surface area (Å²) in [6.07, 6.45) is 6.10. The molecule has 1 N–H and O–H groups in total.